The van der Waals surface area contributed by atoms with Crippen LogP contribution in [-0.4, -0.2) is 68.3 Å². The first-order valence-electron chi connectivity index (χ1n) is 9.16. The molecule has 0 unspecified atom stereocenters. The number of aryl methyl sites for hydroxylation is 1. The second-order valence-electron chi connectivity index (χ2n) is 6.20. The Labute approximate surface area is 179 Å². The van der Waals surface area contributed by atoms with Crippen LogP contribution in [0.2, 0.25) is 0 Å². The number of hydrogen-bond acceptors (Lipinski definition) is 4. The van der Waals surface area contributed by atoms with Crippen molar-refractivity contribution in [3.05, 3.63) is 29.3 Å². The Morgan fingerprint density at radius 1 is 1.15 bits per heavy atom. The lowest BCUT2D eigenvalue weighted by atomic mass is 10.1. The maximum atomic E-state index is 11.8. The number of methoxy groups -OCH3 is 1. The van der Waals surface area contributed by atoms with Crippen LogP contribution in [0.1, 0.15) is 25.0 Å². The van der Waals surface area contributed by atoms with Gasteiger partial charge in [-0.05, 0) is 44.0 Å². The van der Waals surface area contributed by atoms with Gasteiger partial charge in [0.25, 0.3) is 0 Å². The predicted molar refractivity (Wildman–Crippen MR) is 118 cm³/mol. The van der Waals surface area contributed by atoms with E-state index in [2.05, 4.69) is 30.1 Å². The van der Waals surface area contributed by atoms with Gasteiger partial charge in [-0.1, -0.05) is 6.07 Å². The minimum atomic E-state index is -0.235. The number of rotatable bonds is 5. The number of benzene rings is 1. The van der Waals surface area contributed by atoms with Crippen molar-refractivity contribution in [2.75, 3.05) is 46.4 Å². The number of carbonyl (C=O) groups excluding carboxylic acids is 1. The summed E-state index contributed by atoms with van der Waals surface area (Å²) < 4.78 is 10.4. The molecule has 0 atom stereocenters. The van der Waals surface area contributed by atoms with Crippen molar-refractivity contribution in [3.63, 3.8) is 0 Å². The normalized spacial score (nSPS) is 14.4. The summed E-state index contributed by atoms with van der Waals surface area (Å²) in [6.45, 7) is 10.5. The number of aliphatic imine (C=N–C) groups is 1. The third-order valence-electron chi connectivity index (χ3n) is 4.20. The van der Waals surface area contributed by atoms with Gasteiger partial charge in [0.05, 0.1) is 20.3 Å². The Morgan fingerprint density at radius 3 is 2.41 bits per heavy atom. The smallest absolute Gasteiger partial charge is 0.409 e. The van der Waals surface area contributed by atoms with Crippen LogP contribution in [0, 0.1) is 6.92 Å². The van der Waals surface area contributed by atoms with Crippen molar-refractivity contribution in [2.45, 2.75) is 27.3 Å². The van der Waals surface area contributed by atoms with Crippen molar-refractivity contribution >= 4 is 36.0 Å². The highest BCUT2D eigenvalue weighted by Gasteiger charge is 2.23. The molecule has 1 saturated heterocycles. The summed E-state index contributed by atoms with van der Waals surface area (Å²) >= 11 is 0. The molecule has 1 aromatic rings. The predicted octanol–water partition coefficient (Wildman–Crippen LogP) is 2.86. The Kier molecular flexibility index (Phi) is 10.3. The quantitative estimate of drug-likeness (QED) is 0.391. The molecule has 1 aliphatic heterocycles. The minimum absolute atomic E-state index is 0. The first-order chi connectivity index (χ1) is 12.6. The standard InChI is InChI=1S/C19H30N4O3.HI/c1-5-20-18(21-14-16-11-15(3)12-17(13-16)25-4)22-7-9-23(10-8-22)19(24)26-6-2;/h11-13H,5-10,14H2,1-4H3,(H,20,21);1H. The van der Waals surface area contributed by atoms with E-state index in [1.165, 1.54) is 0 Å². The van der Waals surface area contributed by atoms with Gasteiger partial charge in [0.15, 0.2) is 5.96 Å². The largest absolute Gasteiger partial charge is 0.497 e. The fraction of sp³-hybridized carbons (Fsp3) is 0.579. The fourth-order valence-electron chi connectivity index (χ4n) is 2.94. The van der Waals surface area contributed by atoms with E-state index in [0.717, 1.165) is 42.5 Å². The number of hydrogen-bond donors (Lipinski definition) is 1. The van der Waals surface area contributed by atoms with Gasteiger partial charge in [-0.25, -0.2) is 9.79 Å². The van der Waals surface area contributed by atoms with Crippen molar-refractivity contribution < 1.29 is 14.3 Å². The lowest BCUT2D eigenvalue weighted by Gasteiger charge is -2.35. The molecule has 27 heavy (non-hydrogen) atoms. The third kappa shape index (κ3) is 7.08. The zero-order valence-corrected chi connectivity index (χ0v) is 19.0. The Bertz CT molecular complexity index is 631. The highest BCUT2D eigenvalue weighted by atomic mass is 127. The summed E-state index contributed by atoms with van der Waals surface area (Å²) in [5.74, 6) is 1.72. The summed E-state index contributed by atoms with van der Waals surface area (Å²) in [7, 11) is 1.68. The average Bonchev–Trinajstić information content (AvgIpc) is 2.65. The summed E-state index contributed by atoms with van der Waals surface area (Å²) in [5, 5.41) is 3.34. The van der Waals surface area contributed by atoms with Crippen LogP contribution in [0.3, 0.4) is 0 Å². The van der Waals surface area contributed by atoms with Crippen LogP contribution < -0.4 is 10.1 Å². The number of amides is 1. The monoisotopic (exact) mass is 490 g/mol. The maximum Gasteiger partial charge on any atom is 0.409 e. The van der Waals surface area contributed by atoms with E-state index in [1.807, 2.05) is 19.1 Å². The molecule has 0 aliphatic carbocycles. The number of piperazine rings is 1. The number of guanidine groups is 1. The van der Waals surface area contributed by atoms with Crippen molar-refractivity contribution in [1.29, 1.82) is 0 Å². The molecule has 0 bridgehead atoms. The first kappa shape index (κ1) is 23.3. The molecular formula is C19H31IN4O3. The van der Waals surface area contributed by atoms with Crippen LogP contribution in [0.4, 0.5) is 4.79 Å². The molecule has 2 rings (SSSR count). The molecule has 1 aliphatic rings. The number of nitrogens with one attached hydrogen (secondary N) is 1. The molecule has 0 saturated carbocycles. The summed E-state index contributed by atoms with van der Waals surface area (Å²) in [4.78, 5) is 20.5. The third-order valence-corrected chi connectivity index (χ3v) is 4.20. The number of nitrogens with zero attached hydrogens (tertiary/aromatic N) is 3. The zero-order valence-electron chi connectivity index (χ0n) is 16.7. The molecule has 152 valence electrons. The van der Waals surface area contributed by atoms with Crippen LogP contribution in [0.5, 0.6) is 5.75 Å². The second kappa shape index (κ2) is 11.9. The topological polar surface area (TPSA) is 66.4 Å². The van der Waals surface area contributed by atoms with Crippen LogP contribution in [0.15, 0.2) is 23.2 Å². The molecule has 1 aromatic carbocycles. The van der Waals surface area contributed by atoms with E-state index >= 15 is 0 Å². The molecule has 0 spiro atoms. The van der Waals surface area contributed by atoms with Gasteiger partial charge in [-0.3, -0.25) is 0 Å². The average molecular weight is 490 g/mol. The number of halogens is 1. The van der Waals surface area contributed by atoms with Crippen LogP contribution >= 0.6 is 24.0 Å². The minimum Gasteiger partial charge on any atom is -0.497 e. The van der Waals surface area contributed by atoms with Gasteiger partial charge in [0, 0.05) is 32.7 Å². The van der Waals surface area contributed by atoms with E-state index < -0.39 is 0 Å². The van der Waals surface area contributed by atoms with Gasteiger partial charge >= 0.3 is 6.09 Å². The van der Waals surface area contributed by atoms with E-state index in [4.69, 9.17) is 14.5 Å². The zero-order chi connectivity index (χ0) is 18.9. The highest BCUT2D eigenvalue weighted by Crippen LogP contribution is 2.17. The second-order valence-corrected chi connectivity index (χ2v) is 6.20. The molecular weight excluding hydrogens is 459 g/mol. The van der Waals surface area contributed by atoms with Crippen molar-refractivity contribution in [1.82, 2.24) is 15.1 Å². The van der Waals surface area contributed by atoms with Gasteiger partial charge < -0.3 is 24.6 Å². The maximum absolute atomic E-state index is 11.8. The molecule has 1 fully saturated rings. The molecule has 1 amide bonds. The summed E-state index contributed by atoms with van der Waals surface area (Å²) in [6, 6.07) is 6.14. The van der Waals surface area contributed by atoms with E-state index in [9.17, 15) is 4.79 Å². The molecule has 1 N–H and O–H groups in total. The van der Waals surface area contributed by atoms with Gasteiger partial charge in [-0.2, -0.15) is 0 Å². The van der Waals surface area contributed by atoms with Crippen LogP contribution in [0.25, 0.3) is 0 Å². The molecule has 1 heterocycles. The number of ether oxygens (including phenoxy) is 2. The van der Waals surface area contributed by atoms with E-state index in [0.29, 0.717) is 26.2 Å². The summed E-state index contributed by atoms with van der Waals surface area (Å²) in [5.41, 5.74) is 2.27. The first-order valence-corrected chi connectivity index (χ1v) is 9.16. The number of carbonyl (C=O) groups is 1. The van der Waals surface area contributed by atoms with E-state index in [-0.39, 0.29) is 30.1 Å². The van der Waals surface area contributed by atoms with Gasteiger partial charge in [0.1, 0.15) is 5.75 Å². The van der Waals surface area contributed by atoms with Crippen molar-refractivity contribution in [2.24, 2.45) is 4.99 Å². The van der Waals surface area contributed by atoms with Gasteiger partial charge in [-0.15, -0.1) is 24.0 Å². The molecule has 0 aromatic heterocycles. The lowest BCUT2D eigenvalue weighted by molar-refractivity contribution is 0.0914. The molecule has 7 nitrogen and oxygen atoms in total. The SMILES string of the molecule is CCNC(=NCc1cc(C)cc(OC)c1)N1CCN(C(=O)OCC)CC1.I. The van der Waals surface area contributed by atoms with Crippen LogP contribution in [-0.2, 0) is 11.3 Å². The molecule has 8 heteroatoms. The molecule has 0 radical (unpaired) electrons. The van der Waals surface area contributed by atoms with Gasteiger partial charge in [0.2, 0.25) is 0 Å². The van der Waals surface area contributed by atoms with Crippen molar-refractivity contribution in [3.8, 4) is 5.75 Å². The fourth-order valence-corrected chi connectivity index (χ4v) is 2.94. The van der Waals surface area contributed by atoms with E-state index in [1.54, 1.807) is 12.0 Å². The highest BCUT2D eigenvalue weighted by molar-refractivity contribution is 14.0. The lowest BCUT2D eigenvalue weighted by Crippen LogP contribution is -2.53. The Balaban J connectivity index is 0.00000364. The summed E-state index contributed by atoms with van der Waals surface area (Å²) in [6.07, 6.45) is -0.235. The Morgan fingerprint density at radius 2 is 1.81 bits per heavy atom. The Hall–Kier alpha value is -1.71.